The van der Waals surface area contributed by atoms with Gasteiger partial charge in [0.15, 0.2) is 0 Å². The van der Waals surface area contributed by atoms with Gasteiger partial charge < -0.3 is 10.1 Å². The van der Waals surface area contributed by atoms with E-state index in [2.05, 4.69) is 4.98 Å². The predicted octanol–water partition coefficient (Wildman–Crippen LogP) is 5.72. The minimum Gasteiger partial charge on any atom is -0.506 e. The van der Waals surface area contributed by atoms with Crippen LogP contribution in [-0.2, 0) is 0 Å². The molecule has 0 fully saturated rings. The molecule has 0 aliphatic carbocycles. The van der Waals surface area contributed by atoms with Crippen LogP contribution in [0.2, 0.25) is 5.02 Å². The van der Waals surface area contributed by atoms with Gasteiger partial charge in [-0.25, -0.2) is 0 Å². The minimum absolute atomic E-state index is 0.0435. The van der Waals surface area contributed by atoms with E-state index in [1.54, 1.807) is 18.2 Å². The second-order valence-corrected chi connectivity index (χ2v) is 6.67. The summed E-state index contributed by atoms with van der Waals surface area (Å²) in [6, 6.07) is 22.5. The number of nitrogens with one attached hydrogen (secondary N) is 1. The summed E-state index contributed by atoms with van der Waals surface area (Å²) in [7, 11) is 0. The van der Waals surface area contributed by atoms with Gasteiger partial charge in [-0.15, -0.1) is 0 Å². The van der Waals surface area contributed by atoms with Gasteiger partial charge in [0.2, 0.25) is 0 Å². The SMILES string of the molecule is O=c1[nH]c2cc(Cl)ccc2c(O)c1-c1ccc(/C=C\c2ccccc2)cc1. The highest BCUT2D eigenvalue weighted by molar-refractivity contribution is 6.31. The Morgan fingerprint density at radius 2 is 1.52 bits per heavy atom. The topological polar surface area (TPSA) is 53.1 Å². The van der Waals surface area contributed by atoms with Crippen molar-refractivity contribution in [1.29, 1.82) is 0 Å². The molecule has 0 aliphatic rings. The second kappa shape index (κ2) is 7.14. The van der Waals surface area contributed by atoms with Gasteiger partial charge in [0.1, 0.15) is 5.75 Å². The molecule has 0 unspecified atom stereocenters. The molecule has 132 valence electrons. The molecule has 1 aromatic heterocycles. The standard InChI is InChI=1S/C23H16ClNO2/c24-18-12-13-19-20(14-18)25-23(27)21(22(19)26)17-10-8-16(9-11-17)7-6-15-4-2-1-3-5-15/h1-14H,(H2,25,26,27)/b7-6-. The lowest BCUT2D eigenvalue weighted by atomic mass is 10.0. The lowest BCUT2D eigenvalue weighted by molar-refractivity contribution is 0.482. The monoisotopic (exact) mass is 373 g/mol. The highest BCUT2D eigenvalue weighted by Gasteiger charge is 2.14. The van der Waals surface area contributed by atoms with Crippen molar-refractivity contribution in [3.05, 3.63) is 99.3 Å². The zero-order valence-corrected chi connectivity index (χ0v) is 15.1. The third kappa shape index (κ3) is 3.50. The fourth-order valence-electron chi connectivity index (χ4n) is 3.04. The number of fused-ring (bicyclic) bond motifs is 1. The van der Waals surface area contributed by atoms with Gasteiger partial charge in [0, 0.05) is 10.4 Å². The molecule has 4 aromatic rings. The molecule has 27 heavy (non-hydrogen) atoms. The van der Waals surface area contributed by atoms with Gasteiger partial charge in [-0.3, -0.25) is 4.79 Å². The first-order valence-corrected chi connectivity index (χ1v) is 8.88. The molecule has 2 N–H and O–H groups in total. The van der Waals surface area contributed by atoms with E-state index in [4.69, 9.17) is 11.6 Å². The quantitative estimate of drug-likeness (QED) is 0.451. The molecule has 0 bridgehead atoms. The van der Waals surface area contributed by atoms with Gasteiger partial charge in [0.25, 0.3) is 5.56 Å². The smallest absolute Gasteiger partial charge is 0.260 e. The van der Waals surface area contributed by atoms with Crippen molar-refractivity contribution in [1.82, 2.24) is 4.98 Å². The molecule has 0 atom stereocenters. The maximum absolute atomic E-state index is 12.5. The molecule has 0 radical (unpaired) electrons. The number of pyridine rings is 1. The second-order valence-electron chi connectivity index (χ2n) is 6.23. The van der Waals surface area contributed by atoms with E-state index in [1.165, 1.54) is 0 Å². The van der Waals surface area contributed by atoms with E-state index in [-0.39, 0.29) is 16.9 Å². The number of aromatic hydroxyl groups is 1. The highest BCUT2D eigenvalue weighted by atomic mass is 35.5. The molecular formula is C23H16ClNO2. The molecule has 3 aromatic carbocycles. The highest BCUT2D eigenvalue weighted by Crippen LogP contribution is 2.33. The van der Waals surface area contributed by atoms with Crippen LogP contribution < -0.4 is 5.56 Å². The summed E-state index contributed by atoms with van der Waals surface area (Å²) < 4.78 is 0. The van der Waals surface area contributed by atoms with Crippen molar-refractivity contribution in [2.45, 2.75) is 0 Å². The number of rotatable bonds is 3. The van der Waals surface area contributed by atoms with E-state index >= 15 is 0 Å². The molecule has 1 heterocycles. The summed E-state index contributed by atoms with van der Waals surface area (Å²) in [5.41, 5.74) is 3.19. The van der Waals surface area contributed by atoms with E-state index in [1.807, 2.05) is 66.7 Å². The van der Waals surface area contributed by atoms with Crippen molar-refractivity contribution in [2.75, 3.05) is 0 Å². The van der Waals surface area contributed by atoms with Crippen molar-refractivity contribution in [3.63, 3.8) is 0 Å². The minimum atomic E-state index is -0.352. The van der Waals surface area contributed by atoms with E-state index in [0.717, 1.165) is 11.1 Å². The Kier molecular flexibility index (Phi) is 4.53. The van der Waals surface area contributed by atoms with E-state index in [0.29, 0.717) is 21.5 Å². The van der Waals surface area contributed by atoms with Crippen LogP contribution in [-0.4, -0.2) is 10.1 Å². The Bertz CT molecular complexity index is 1190. The van der Waals surface area contributed by atoms with Crippen LogP contribution in [0.4, 0.5) is 0 Å². The summed E-state index contributed by atoms with van der Waals surface area (Å²) in [6.07, 6.45) is 4.03. The number of aromatic amines is 1. The molecule has 0 amide bonds. The van der Waals surface area contributed by atoms with Gasteiger partial charge >= 0.3 is 0 Å². The average molecular weight is 374 g/mol. The predicted molar refractivity (Wildman–Crippen MR) is 112 cm³/mol. The molecule has 0 saturated carbocycles. The van der Waals surface area contributed by atoms with Gasteiger partial charge in [0.05, 0.1) is 11.1 Å². The molecule has 4 rings (SSSR count). The van der Waals surface area contributed by atoms with Crippen LogP contribution in [0.3, 0.4) is 0 Å². The van der Waals surface area contributed by atoms with Gasteiger partial charge in [-0.2, -0.15) is 0 Å². The van der Waals surface area contributed by atoms with Crippen LogP contribution in [0.5, 0.6) is 5.75 Å². The first kappa shape index (κ1) is 17.1. The van der Waals surface area contributed by atoms with E-state index < -0.39 is 0 Å². The Morgan fingerprint density at radius 3 is 2.22 bits per heavy atom. The Morgan fingerprint density at radius 1 is 0.852 bits per heavy atom. The number of benzene rings is 3. The van der Waals surface area contributed by atoms with E-state index in [9.17, 15) is 9.90 Å². The Labute approximate surface area is 161 Å². The first-order valence-electron chi connectivity index (χ1n) is 8.50. The third-order valence-electron chi connectivity index (χ3n) is 4.42. The van der Waals surface area contributed by atoms with Crippen molar-refractivity contribution in [2.24, 2.45) is 0 Å². The maximum Gasteiger partial charge on any atom is 0.260 e. The van der Waals surface area contributed by atoms with Crippen LogP contribution in [0.25, 0.3) is 34.2 Å². The van der Waals surface area contributed by atoms with Crippen molar-refractivity contribution < 1.29 is 5.11 Å². The van der Waals surface area contributed by atoms with Crippen LogP contribution in [0.15, 0.2) is 77.6 Å². The molecule has 0 spiro atoms. The zero-order chi connectivity index (χ0) is 18.8. The number of H-pyrrole nitrogens is 1. The van der Waals surface area contributed by atoms with Crippen LogP contribution in [0.1, 0.15) is 11.1 Å². The van der Waals surface area contributed by atoms with Crippen molar-refractivity contribution >= 4 is 34.7 Å². The summed E-state index contributed by atoms with van der Waals surface area (Å²) in [5.74, 6) is -0.0435. The molecular weight excluding hydrogens is 358 g/mol. The summed E-state index contributed by atoms with van der Waals surface area (Å²) in [6.45, 7) is 0. The largest absolute Gasteiger partial charge is 0.506 e. The Hall–Kier alpha value is -3.30. The number of hydrogen-bond donors (Lipinski definition) is 2. The van der Waals surface area contributed by atoms with Crippen LogP contribution in [0, 0.1) is 0 Å². The third-order valence-corrected chi connectivity index (χ3v) is 4.65. The lowest BCUT2D eigenvalue weighted by Crippen LogP contribution is -2.09. The zero-order valence-electron chi connectivity index (χ0n) is 14.3. The van der Waals surface area contributed by atoms with Gasteiger partial charge in [-0.05, 0) is 34.9 Å². The van der Waals surface area contributed by atoms with Crippen LogP contribution >= 0.6 is 11.6 Å². The number of hydrogen-bond acceptors (Lipinski definition) is 2. The van der Waals surface area contributed by atoms with Crippen molar-refractivity contribution in [3.8, 4) is 16.9 Å². The maximum atomic E-state index is 12.5. The van der Waals surface area contributed by atoms with Gasteiger partial charge in [-0.1, -0.05) is 78.4 Å². The molecule has 0 saturated heterocycles. The fraction of sp³-hybridized carbons (Fsp3) is 0. The summed E-state index contributed by atoms with van der Waals surface area (Å²) >= 11 is 5.96. The molecule has 3 nitrogen and oxygen atoms in total. The molecule has 4 heteroatoms. The summed E-state index contributed by atoms with van der Waals surface area (Å²) in [4.78, 5) is 15.3. The number of aromatic nitrogens is 1. The average Bonchev–Trinajstić information content (AvgIpc) is 2.68. The first-order chi connectivity index (χ1) is 13.1. The fourth-order valence-corrected chi connectivity index (χ4v) is 3.21. The molecule has 0 aliphatic heterocycles. The number of halogens is 1. The Balaban J connectivity index is 1.71. The summed E-state index contributed by atoms with van der Waals surface area (Å²) in [5, 5.41) is 11.7. The normalized spacial score (nSPS) is 11.3. The lowest BCUT2D eigenvalue weighted by Gasteiger charge is -2.08.